The van der Waals surface area contributed by atoms with Crippen molar-refractivity contribution in [2.75, 3.05) is 13.1 Å². The van der Waals surface area contributed by atoms with E-state index >= 15 is 0 Å². The normalized spacial score (nSPS) is 17.2. The fraction of sp³-hybridized carbons (Fsp3) is 0.348. The number of likely N-dealkylation sites (tertiary alicyclic amines) is 1. The number of nitrogens with one attached hydrogen (secondary N) is 1. The van der Waals surface area contributed by atoms with Gasteiger partial charge in [-0.05, 0) is 60.7 Å². The predicted molar refractivity (Wildman–Crippen MR) is 119 cm³/mol. The van der Waals surface area contributed by atoms with Crippen LogP contribution < -0.4 is 5.76 Å². The number of ketones is 1. The lowest BCUT2D eigenvalue weighted by Gasteiger charge is -2.58. The zero-order valence-electron chi connectivity index (χ0n) is 17.0. The van der Waals surface area contributed by atoms with Gasteiger partial charge in [-0.25, -0.2) is 9.59 Å². The number of Topliss-reactive ketones (excluding diaryl/α,β-unsaturated/α-hetero) is 1. The van der Waals surface area contributed by atoms with E-state index in [1.165, 1.54) is 0 Å². The van der Waals surface area contributed by atoms with Gasteiger partial charge in [0.25, 0.3) is 0 Å². The molecule has 1 spiro atoms. The molecule has 9 heteroatoms. The number of aromatic nitrogens is 1. The van der Waals surface area contributed by atoms with Crippen LogP contribution in [0.1, 0.15) is 35.2 Å². The fourth-order valence-electron chi connectivity index (χ4n) is 4.89. The fourth-order valence-corrected chi connectivity index (χ4v) is 5.46. The van der Waals surface area contributed by atoms with E-state index in [9.17, 15) is 14.4 Å². The molecule has 1 aliphatic heterocycles. The minimum Gasteiger partial charge on any atom is -0.445 e. The summed E-state index contributed by atoms with van der Waals surface area (Å²) >= 11 is 11.9. The minimum atomic E-state index is -0.532. The van der Waals surface area contributed by atoms with Gasteiger partial charge in [-0.3, -0.25) is 9.78 Å². The molecule has 1 saturated heterocycles. The number of aromatic amines is 1. The van der Waals surface area contributed by atoms with Gasteiger partial charge >= 0.3 is 11.8 Å². The van der Waals surface area contributed by atoms with Crippen molar-refractivity contribution in [2.24, 2.45) is 11.3 Å². The lowest BCUT2D eigenvalue weighted by atomic mass is 9.56. The van der Waals surface area contributed by atoms with Crippen LogP contribution >= 0.6 is 23.2 Å². The number of oxazole rings is 1. The van der Waals surface area contributed by atoms with Crippen molar-refractivity contribution in [1.29, 1.82) is 0 Å². The number of hydrogen-bond donors (Lipinski definition) is 1. The lowest BCUT2D eigenvalue weighted by Crippen LogP contribution is -2.63. The van der Waals surface area contributed by atoms with Crippen molar-refractivity contribution in [2.45, 2.75) is 25.9 Å². The van der Waals surface area contributed by atoms with Crippen LogP contribution in [-0.4, -0.2) is 34.8 Å². The summed E-state index contributed by atoms with van der Waals surface area (Å²) in [5.74, 6) is -0.204. The largest absolute Gasteiger partial charge is 0.445 e. The van der Waals surface area contributed by atoms with Crippen molar-refractivity contribution in [3.63, 3.8) is 0 Å². The number of H-pyrrole nitrogens is 1. The molecule has 0 unspecified atom stereocenters. The summed E-state index contributed by atoms with van der Waals surface area (Å²) in [6, 6.07) is 10.1. The maximum absolute atomic E-state index is 12.6. The van der Waals surface area contributed by atoms with Crippen LogP contribution in [0, 0.1) is 11.3 Å². The molecule has 3 aromatic rings. The zero-order chi connectivity index (χ0) is 22.5. The molecule has 0 bridgehead atoms. The first-order chi connectivity index (χ1) is 15.3. The van der Waals surface area contributed by atoms with Crippen molar-refractivity contribution in [1.82, 2.24) is 9.88 Å². The Labute approximate surface area is 193 Å². The molecule has 1 saturated carbocycles. The molecule has 32 heavy (non-hydrogen) atoms. The van der Waals surface area contributed by atoms with Gasteiger partial charge in [-0.1, -0.05) is 23.2 Å². The van der Waals surface area contributed by atoms with Crippen LogP contribution in [0.5, 0.6) is 0 Å². The predicted octanol–water partition coefficient (Wildman–Crippen LogP) is 5.05. The third kappa shape index (κ3) is 4.14. The monoisotopic (exact) mass is 474 g/mol. The molecule has 0 atom stereocenters. The maximum Gasteiger partial charge on any atom is 0.417 e. The van der Waals surface area contributed by atoms with E-state index in [2.05, 4.69) is 4.98 Å². The highest BCUT2D eigenvalue weighted by molar-refractivity contribution is 6.34. The summed E-state index contributed by atoms with van der Waals surface area (Å²) in [7, 11) is 0. The van der Waals surface area contributed by atoms with Gasteiger partial charge in [0.1, 0.15) is 6.61 Å². The number of ether oxygens (including phenoxy) is 1. The number of carbonyl (C=O) groups is 2. The average molecular weight is 475 g/mol. The highest BCUT2D eigenvalue weighted by Gasteiger charge is 2.54. The number of fused-ring (bicyclic) bond motifs is 1. The summed E-state index contributed by atoms with van der Waals surface area (Å²) in [4.78, 5) is 40.4. The quantitative estimate of drug-likeness (QED) is 0.522. The molecule has 7 nitrogen and oxygen atoms in total. The van der Waals surface area contributed by atoms with Gasteiger partial charge in [-0.2, -0.15) is 0 Å². The summed E-state index contributed by atoms with van der Waals surface area (Å²) in [6.45, 7) is 1.41. The molecule has 2 heterocycles. The number of amides is 1. The van der Waals surface area contributed by atoms with Gasteiger partial charge in [-0.15, -0.1) is 0 Å². The zero-order valence-corrected chi connectivity index (χ0v) is 18.5. The van der Waals surface area contributed by atoms with E-state index in [1.807, 2.05) is 0 Å². The van der Waals surface area contributed by atoms with Crippen LogP contribution in [-0.2, 0) is 11.3 Å². The highest BCUT2D eigenvalue weighted by Crippen LogP contribution is 2.53. The second kappa shape index (κ2) is 7.98. The number of halogens is 2. The Kier molecular flexibility index (Phi) is 5.26. The molecule has 2 aromatic carbocycles. The van der Waals surface area contributed by atoms with Gasteiger partial charge in [0.05, 0.1) is 5.52 Å². The third-order valence-corrected chi connectivity index (χ3v) is 6.69. The van der Waals surface area contributed by atoms with E-state index in [4.69, 9.17) is 32.4 Å². The molecule has 5 rings (SSSR count). The summed E-state index contributed by atoms with van der Waals surface area (Å²) in [6.07, 6.45) is 1.91. The molecule has 1 N–H and O–H groups in total. The first kappa shape index (κ1) is 21.1. The second-order valence-electron chi connectivity index (χ2n) is 8.82. The number of nitrogens with zero attached hydrogens (tertiary/aromatic N) is 1. The van der Waals surface area contributed by atoms with Crippen LogP contribution in [0.25, 0.3) is 11.1 Å². The first-order valence-corrected chi connectivity index (χ1v) is 11.1. The molecule has 1 amide bonds. The van der Waals surface area contributed by atoms with Crippen molar-refractivity contribution >= 4 is 46.2 Å². The van der Waals surface area contributed by atoms with E-state index < -0.39 is 5.76 Å². The van der Waals surface area contributed by atoms with Crippen LogP contribution in [0.15, 0.2) is 45.6 Å². The molecule has 166 valence electrons. The Morgan fingerprint density at radius 3 is 2.56 bits per heavy atom. The highest BCUT2D eigenvalue weighted by atomic mass is 35.5. The number of rotatable bonds is 5. The molecule has 0 radical (unpaired) electrons. The van der Waals surface area contributed by atoms with Crippen molar-refractivity contribution in [3.8, 4) is 0 Å². The van der Waals surface area contributed by atoms with Gasteiger partial charge < -0.3 is 14.1 Å². The van der Waals surface area contributed by atoms with E-state index in [-0.39, 0.29) is 23.9 Å². The Hall–Kier alpha value is -2.77. The molecule has 1 aromatic heterocycles. The Morgan fingerprint density at radius 1 is 1.12 bits per heavy atom. The number of benzene rings is 2. The molecular weight excluding hydrogens is 455 g/mol. The first-order valence-electron chi connectivity index (χ1n) is 10.3. The van der Waals surface area contributed by atoms with Crippen LogP contribution in [0.4, 0.5) is 4.79 Å². The topological polar surface area (TPSA) is 92.6 Å². The lowest BCUT2D eigenvalue weighted by molar-refractivity contribution is -0.0850. The SMILES string of the molecule is O=C(CC1CC2(C1)CN(C(=O)OCc1cc(Cl)cc(Cl)c1)C2)c1ccc2[nH]c(=O)oc2c1. The van der Waals surface area contributed by atoms with Crippen LogP contribution in [0.3, 0.4) is 0 Å². The Morgan fingerprint density at radius 2 is 1.84 bits per heavy atom. The Balaban J connectivity index is 1.08. The smallest absolute Gasteiger partial charge is 0.417 e. The molecule has 1 aliphatic carbocycles. The standard InChI is InChI=1S/C23H20Cl2N2O5/c24-16-3-13(4-17(25)7-16)10-31-22(30)27-11-23(12-27)8-14(9-23)5-19(28)15-1-2-18-20(6-15)32-21(29)26-18/h1-4,6-7,14H,5,8-12H2,(H,26,29). The summed E-state index contributed by atoms with van der Waals surface area (Å²) < 4.78 is 10.4. The minimum absolute atomic E-state index is 0.0337. The Bertz CT molecular complexity index is 1250. The number of hydrogen-bond acceptors (Lipinski definition) is 5. The third-order valence-electron chi connectivity index (χ3n) is 6.26. The summed E-state index contributed by atoms with van der Waals surface area (Å²) in [5, 5.41) is 0.998. The number of carbonyl (C=O) groups excluding carboxylic acids is 2. The van der Waals surface area contributed by atoms with Gasteiger partial charge in [0.15, 0.2) is 11.4 Å². The van der Waals surface area contributed by atoms with Crippen molar-refractivity contribution in [3.05, 3.63) is 68.1 Å². The van der Waals surface area contributed by atoms with E-state index in [1.54, 1.807) is 41.3 Å². The molecule has 2 fully saturated rings. The van der Waals surface area contributed by atoms with Gasteiger partial charge in [0.2, 0.25) is 0 Å². The van der Waals surface area contributed by atoms with Crippen molar-refractivity contribution < 1.29 is 18.7 Å². The second-order valence-corrected chi connectivity index (χ2v) is 9.69. The van der Waals surface area contributed by atoms with E-state index in [0.29, 0.717) is 52.1 Å². The molecule has 2 aliphatic rings. The van der Waals surface area contributed by atoms with E-state index in [0.717, 1.165) is 18.4 Å². The van der Waals surface area contributed by atoms with Gasteiger partial charge in [0, 0.05) is 40.5 Å². The average Bonchev–Trinajstić information content (AvgIpc) is 3.05. The van der Waals surface area contributed by atoms with Crippen LogP contribution in [0.2, 0.25) is 10.0 Å². The molecular formula is C23H20Cl2N2O5. The summed E-state index contributed by atoms with van der Waals surface area (Å²) in [5.41, 5.74) is 2.35. The maximum atomic E-state index is 12.6.